The average Bonchev–Trinajstić information content (AvgIpc) is 2.39. The first kappa shape index (κ1) is 14.1. The van der Waals surface area contributed by atoms with Crippen LogP contribution < -0.4 is 0 Å². The Labute approximate surface area is 121 Å². The summed E-state index contributed by atoms with van der Waals surface area (Å²) >= 11 is 3.40. The minimum absolute atomic E-state index is 0.0825. The molecule has 0 radical (unpaired) electrons. The van der Waals surface area contributed by atoms with E-state index in [1.807, 2.05) is 29.2 Å². The van der Waals surface area contributed by atoms with Gasteiger partial charge in [-0.2, -0.15) is 0 Å². The van der Waals surface area contributed by atoms with Gasteiger partial charge in [0.1, 0.15) is 0 Å². The molecule has 1 aliphatic rings. The molecular weight excluding hydrogens is 308 g/mol. The molecule has 5 heteroatoms. The number of hydrogen-bond acceptors (Lipinski definition) is 2. The molecule has 0 aromatic heterocycles. The van der Waals surface area contributed by atoms with Gasteiger partial charge in [-0.25, -0.2) is 0 Å². The van der Waals surface area contributed by atoms with Crippen molar-refractivity contribution < 1.29 is 9.59 Å². The maximum atomic E-state index is 12.2. The van der Waals surface area contributed by atoms with Gasteiger partial charge in [0.25, 0.3) is 0 Å². The Bertz CT molecular complexity index is 482. The summed E-state index contributed by atoms with van der Waals surface area (Å²) in [5, 5.41) is 0. The van der Waals surface area contributed by atoms with Crippen molar-refractivity contribution in [1.82, 2.24) is 9.80 Å². The van der Waals surface area contributed by atoms with Crippen LogP contribution in [-0.2, 0) is 16.0 Å². The van der Waals surface area contributed by atoms with E-state index in [1.54, 1.807) is 11.8 Å². The molecule has 0 atom stereocenters. The molecule has 0 aliphatic carbocycles. The quantitative estimate of drug-likeness (QED) is 0.830. The molecule has 2 rings (SSSR count). The molecule has 0 unspecified atom stereocenters. The maximum Gasteiger partial charge on any atom is 0.227 e. The highest BCUT2D eigenvalue weighted by molar-refractivity contribution is 9.10. The summed E-state index contributed by atoms with van der Waals surface area (Å²) in [6.07, 6.45) is 0.416. The van der Waals surface area contributed by atoms with Gasteiger partial charge in [-0.3, -0.25) is 9.59 Å². The Kier molecular flexibility index (Phi) is 4.58. The van der Waals surface area contributed by atoms with Gasteiger partial charge in [0.2, 0.25) is 11.8 Å². The number of nitrogens with zero attached hydrogens (tertiary/aromatic N) is 2. The Morgan fingerprint density at radius 1 is 1.16 bits per heavy atom. The van der Waals surface area contributed by atoms with E-state index >= 15 is 0 Å². The number of hydrogen-bond donors (Lipinski definition) is 0. The van der Waals surface area contributed by atoms with Gasteiger partial charge in [0.15, 0.2) is 0 Å². The van der Waals surface area contributed by atoms with Gasteiger partial charge in [0.05, 0.1) is 6.42 Å². The molecule has 1 aliphatic heterocycles. The van der Waals surface area contributed by atoms with Crippen molar-refractivity contribution in [1.29, 1.82) is 0 Å². The topological polar surface area (TPSA) is 40.6 Å². The van der Waals surface area contributed by atoms with Crippen LogP contribution in [-0.4, -0.2) is 47.8 Å². The number of amides is 2. The van der Waals surface area contributed by atoms with Crippen molar-refractivity contribution in [2.45, 2.75) is 13.3 Å². The number of carbonyl (C=O) groups is 2. The molecule has 0 N–H and O–H groups in total. The second-order valence-corrected chi connectivity index (χ2v) is 5.61. The van der Waals surface area contributed by atoms with Gasteiger partial charge in [0, 0.05) is 37.6 Å². The summed E-state index contributed by atoms with van der Waals surface area (Å²) in [4.78, 5) is 27.0. The summed E-state index contributed by atoms with van der Waals surface area (Å²) in [6, 6.07) is 7.79. The van der Waals surface area contributed by atoms with E-state index in [-0.39, 0.29) is 11.8 Å². The molecule has 1 aromatic rings. The normalized spacial score (nSPS) is 15.5. The molecule has 0 bridgehead atoms. The molecule has 1 aromatic carbocycles. The molecule has 1 heterocycles. The van der Waals surface area contributed by atoms with E-state index in [1.165, 1.54) is 0 Å². The first-order valence-corrected chi connectivity index (χ1v) is 7.13. The van der Waals surface area contributed by atoms with Crippen LogP contribution in [0, 0.1) is 0 Å². The zero-order valence-electron chi connectivity index (χ0n) is 10.9. The lowest BCUT2D eigenvalue weighted by molar-refractivity contribution is -0.138. The SMILES string of the molecule is CC(=O)N1CCN(C(=O)Cc2cccc(Br)c2)CC1. The van der Waals surface area contributed by atoms with E-state index < -0.39 is 0 Å². The molecule has 0 saturated carbocycles. The smallest absolute Gasteiger partial charge is 0.227 e. The van der Waals surface area contributed by atoms with Crippen molar-refractivity contribution in [3.63, 3.8) is 0 Å². The fourth-order valence-corrected chi connectivity index (χ4v) is 2.65. The van der Waals surface area contributed by atoms with Gasteiger partial charge in [-0.15, -0.1) is 0 Å². The fraction of sp³-hybridized carbons (Fsp3) is 0.429. The van der Waals surface area contributed by atoms with Crippen LogP contribution in [0.4, 0.5) is 0 Å². The monoisotopic (exact) mass is 324 g/mol. The van der Waals surface area contributed by atoms with Crippen molar-refractivity contribution in [3.8, 4) is 0 Å². The lowest BCUT2D eigenvalue weighted by atomic mass is 10.1. The van der Waals surface area contributed by atoms with Gasteiger partial charge in [-0.05, 0) is 17.7 Å². The highest BCUT2D eigenvalue weighted by Gasteiger charge is 2.22. The van der Waals surface area contributed by atoms with E-state index in [0.717, 1.165) is 10.0 Å². The fourth-order valence-electron chi connectivity index (χ4n) is 2.20. The van der Waals surface area contributed by atoms with E-state index in [4.69, 9.17) is 0 Å². The Morgan fingerprint density at radius 2 is 1.79 bits per heavy atom. The Balaban J connectivity index is 1.90. The van der Waals surface area contributed by atoms with Crippen LogP contribution in [0.5, 0.6) is 0 Å². The van der Waals surface area contributed by atoms with Gasteiger partial charge < -0.3 is 9.80 Å². The van der Waals surface area contributed by atoms with E-state index in [0.29, 0.717) is 32.6 Å². The molecule has 1 saturated heterocycles. The van der Waals surface area contributed by atoms with Crippen molar-refractivity contribution in [2.24, 2.45) is 0 Å². The van der Waals surface area contributed by atoms with E-state index in [2.05, 4.69) is 15.9 Å². The number of rotatable bonds is 2. The highest BCUT2D eigenvalue weighted by Crippen LogP contribution is 2.13. The summed E-state index contributed by atoms with van der Waals surface area (Å²) < 4.78 is 0.985. The van der Waals surface area contributed by atoms with Crippen LogP contribution in [0.25, 0.3) is 0 Å². The third-order valence-corrected chi connectivity index (χ3v) is 3.82. The Morgan fingerprint density at radius 3 is 2.37 bits per heavy atom. The minimum Gasteiger partial charge on any atom is -0.339 e. The summed E-state index contributed by atoms with van der Waals surface area (Å²) in [5.41, 5.74) is 1.01. The predicted octanol–water partition coefficient (Wildman–Crippen LogP) is 1.68. The van der Waals surface area contributed by atoms with Gasteiger partial charge in [-0.1, -0.05) is 28.1 Å². The van der Waals surface area contributed by atoms with Crippen molar-refractivity contribution in [2.75, 3.05) is 26.2 Å². The summed E-state index contributed by atoms with van der Waals surface area (Å²) in [6.45, 7) is 4.11. The first-order chi connectivity index (χ1) is 9.06. The minimum atomic E-state index is 0.0825. The average molecular weight is 325 g/mol. The lowest BCUT2D eigenvalue weighted by Crippen LogP contribution is -2.50. The number of piperazine rings is 1. The van der Waals surface area contributed by atoms with Crippen LogP contribution in [0.3, 0.4) is 0 Å². The third kappa shape index (κ3) is 3.80. The van der Waals surface area contributed by atoms with Gasteiger partial charge >= 0.3 is 0 Å². The van der Waals surface area contributed by atoms with Crippen LogP contribution in [0.15, 0.2) is 28.7 Å². The molecule has 19 heavy (non-hydrogen) atoms. The highest BCUT2D eigenvalue weighted by atomic mass is 79.9. The first-order valence-electron chi connectivity index (χ1n) is 6.34. The van der Waals surface area contributed by atoms with Crippen LogP contribution in [0.1, 0.15) is 12.5 Å². The largest absolute Gasteiger partial charge is 0.339 e. The molecule has 0 spiro atoms. The summed E-state index contributed by atoms with van der Waals surface area (Å²) in [5.74, 6) is 0.209. The van der Waals surface area contributed by atoms with Crippen molar-refractivity contribution in [3.05, 3.63) is 34.3 Å². The maximum absolute atomic E-state index is 12.2. The van der Waals surface area contributed by atoms with Crippen LogP contribution in [0.2, 0.25) is 0 Å². The second-order valence-electron chi connectivity index (χ2n) is 4.69. The lowest BCUT2D eigenvalue weighted by Gasteiger charge is -2.34. The molecule has 4 nitrogen and oxygen atoms in total. The number of benzene rings is 1. The number of halogens is 1. The standard InChI is InChI=1S/C14H17BrN2O2/c1-11(18)16-5-7-17(8-6-16)14(19)10-12-3-2-4-13(15)9-12/h2-4,9H,5-8,10H2,1H3. The molecular formula is C14H17BrN2O2. The van der Waals surface area contributed by atoms with E-state index in [9.17, 15) is 9.59 Å². The van der Waals surface area contributed by atoms with Crippen molar-refractivity contribution >= 4 is 27.7 Å². The third-order valence-electron chi connectivity index (χ3n) is 3.32. The second kappa shape index (κ2) is 6.19. The predicted molar refractivity (Wildman–Crippen MR) is 76.7 cm³/mol. The van der Waals surface area contributed by atoms with Crippen LogP contribution >= 0.6 is 15.9 Å². The zero-order valence-corrected chi connectivity index (χ0v) is 12.5. The molecule has 2 amide bonds. The molecule has 102 valence electrons. The zero-order chi connectivity index (χ0) is 13.8. The molecule has 1 fully saturated rings. The Hall–Kier alpha value is -1.36. The summed E-state index contributed by atoms with van der Waals surface area (Å²) in [7, 11) is 0. The number of carbonyl (C=O) groups excluding carboxylic acids is 2.